The Hall–Kier alpha value is -1.86. The number of ether oxygens (including phenoxy) is 1. The molecule has 0 bridgehead atoms. The van der Waals surface area contributed by atoms with Crippen molar-refractivity contribution in [2.24, 2.45) is 0 Å². The van der Waals surface area contributed by atoms with Crippen LogP contribution in [0.2, 0.25) is 0 Å². The number of nitriles is 1. The number of aryl methyl sites for hydroxylation is 2. The van der Waals surface area contributed by atoms with Crippen LogP contribution in [0.1, 0.15) is 16.7 Å². The fourth-order valence-corrected chi connectivity index (χ4v) is 2.05. The number of rotatable bonds is 2. The van der Waals surface area contributed by atoms with Crippen LogP contribution < -0.4 is 4.74 Å². The first-order valence-electron chi connectivity index (χ1n) is 5.41. The Labute approximate surface area is 114 Å². The molecule has 0 radical (unpaired) electrons. The summed E-state index contributed by atoms with van der Waals surface area (Å²) in [6, 6.07) is 9.61. The average molecular weight is 303 g/mol. The van der Waals surface area contributed by atoms with Gasteiger partial charge in [-0.25, -0.2) is 4.98 Å². The van der Waals surface area contributed by atoms with E-state index < -0.39 is 0 Å². The highest BCUT2D eigenvalue weighted by Crippen LogP contribution is 2.28. The molecule has 0 aliphatic carbocycles. The minimum Gasteiger partial charge on any atom is -0.437 e. The van der Waals surface area contributed by atoms with Crippen molar-refractivity contribution in [3.05, 3.63) is 51.6 Å². The monoisotopic (exact) mass is 302 g/mol. The van der Waals surface area contributed by atoms with E-state index in [-0.39, 0.29) is 0 Å². The topological polar surface area (TPSA) is 45.9 Å². The molecule has 0 aliphatic heterocycles. The zero-order valence-electron chi connectivity index (χ0n) is 10.1. The first kappa shape index (κ1) is 12.6. The second-order valence-electron chi connectivity index (χ2n) is 3.93. The summed E-state index contributed by atoms with van der Waals surface area (Å²) in [4.78, 5) is 4.11. The summed E-state index contributed by atoms with van der Waals surface area (Å²) in [6.07, 6.45) is 1.64. The van der Waals surface area contributed by atoms with Crippen molar-refractivity contribution in [2.75, 3.05) is 0 Å². The molecule has 18 heavy (non-hydrogen) atoms. The molecule has 0 unspecified atom stereocenters. The molecule has 1 aromatic heterocycles. The van der Waals surface area contributed by atoms with E-state index in [0.29, 0.717) is 17.2 Å². The van der Waals surface area contributed by atoms with E-state index in [1.54, 1.807) is 12.3 Å². The lowest BCUT2D eigenvalue weighted by Crippen LogP contribution is -1.95. The van der Waals surface area contributed by atoms with Gasteiger partial charge < -0.3 is 4.74 Å². The number of hydrogen-bond acceptors (Lipinski definition) is 3. The summed E-state index contributed by atoms with van der Waals surface area (Å²) >= 11 is 3.40. The van der Waals surface area contributed by atoms with Gasteiger partial charge in [0, 0.05) is 10.7 Å². The van der Waals surface area contributed by atoms with E-state index in [4.69, 9.17) is 10.00 Å². The van der Waals surface area contributed by atoms with Gasteiger partial charge in [-0.3, -0.25) is 0 Å². The van der Waals surface area contributed by atoms with E-state index >= 15 is 0 Å². The third-order valence-electron chi connectivity index (χ3n) is 2.58. The van der Waals surface area contributed by atoms with Crippen LogP contribution in [-0.4, -0.2) is 4.98 Å². The van der Waals surface area contributed by atoms with Gasteiger partial charge in [-0.15, -0.1) is 0 Å². The van der Waals surface area contributed by atoms with Crippen LogP contribution in [-0.2, 0) is 0 Å². The second-order valence-corrected chi connectivity index (χ2v) is 4.85. The molecule has 0 atom stereocenters. The summed E-state index contributed by atoms with van der Waals surface area (Å²) in [5.74, 6) is 1.05. The molecule has 1 heterocycles. The maximum absolute atomic E-state index is 9.11. The zero-order chi connectivity index (χ0) is 13.1. The first-order valence-corrected chi connectivity index (χ1v) is 6.21. The summed E-state index contributed by atoms with van der Waals surface area (Å²) < 4.78 is 6.70. The number of benzene rings is 1. The number of pyridine rings is 1. The van der Waals surface area contributed by atoms with Crippen molar-refractivity contribution in [3.8, 4) is 17.7 Å². The van der Waals surface area contributed by atoms with E-state index in [0.717, 1.165) is 15.6 Å². The summed E-state index contributed by atoms with van der Waals surface area (Å²) in [5, 5.41) is 9.11. The van der Waals surface area contributed by atoms with Gasteiger partial charge in [0.05, 0.1) is 0 Å². The highest BCUT2D eigenvalue weighted by atomic mass is 79.9. The molecule has 0 saturated carbocycles. The molecule has 0 fully saturated rings. The Morgan fingerprint density at radius 2 is 2.00 bits per heavy atom. The molecule has 0 spiro atoms. The molecule has 0 amide bonds. The van der Waals surface area contributed by atoms with Crippen molar-refractivity contribution in [1.29, 1.82) is 5.26 Å². The predicted molar refractivity (Wildman–Crippen MR) is 72.6 cm³/mol. The summed E-state index contributed by atoms with van der Waals surface area (Å²) in [7, 11) is 0. The number of aromatic nitrogens is 1. The SMILES string of the molecule is Cc1cc(Br)ccc1Oc1nccc(C)c1C#N. The van der Waals surface area contributed by atoms with Crippen LogP contribution in [0.3, 0.4) is 0 Å². The van der Waals surface area contributed by atoms with Crippen LogP contribution in [0.4, 0.5) is 0 Å². The van der Waals surface area contributed by atoms with E-state index in [1.165, 1.54) is 0 Å². The molecular formula is C14H11BrN2O. The van der Waals surface area contributed by atoms with Gasteiger partial charge in [-0.05, 0) is 49.2 Å². The van der Waals surface area contributed by atoms with Crippen molar-refractivity contribution in [3.63, 3.8) is 0 Å². The molecular weight excluding hydrogens is 292 g/mol. The molecule has 0 N–H and O–H groups in total. The maximum atomic E-state index is 9.11. The first-order chi connectivity index (χ1) is 8.61. The van der Waals surface area contributed by atoms with Gasteiger partial charge in [-0.2, -0.15) is 5.26 Å². The third-order valence-corrected chi connectivity index (χ3v) is 3.07. The summed E-state index contributed by atoms with van der Waals surface area (Å²) in [5.41, 5.74) is 2.31. The van der Waals surface area contributed by atoms with Crippen molar-refractivity contribution in [1.82, 2.24) is 4.98 Å². The smallest absolute Gasteiger partial charge is 0.237 e. The van der Waals surface area contributed by atoms with E-state index in [9.17, 15) is 0 Å². The lowest BCUT2D eigenvalue weighted by Gasteiger charge is -2.10. The summed E-state index contributed by atoms with van der Waals surface area (Å²) in [6.45, 7) is 3.81. The van der Waals surface area contributed by atoms with Gasteiger partial charge >= 0.3 is 0 Å². The molecule has 1 aromatic carbocycles. The minimum absolute atomic E-state index is 0.350. The van der Waals surface area contributed by atoms with Crippen LogP contribution in [0.25, 0.3) is 0 Å². The Morgan fingerprint density at radius 1 is 1.22 bits per heavy atom. The maximum Gasteiger partial charge on any atom is 0.237 e. The predicted octanol–water partition coefficient (Wildman–Crippen LogP) is 4.12. The van der Waals surface area contributed by atoms with E-state index in [2.05, 4.69) is 27.0 Å². The molecule has 2 rings (SSSR count). The molecule has 2 aromatic rings. The fourth-order valence-electron chi connectivity index (χ4n) is 1.58. The molecule has 4 heteroatoms. The van der Waals surface area contributed by atoms with Gasteiger partial charge in [-0.1, -0.05) is 15.9 Å². The quantitative estimate of drug-likeness (QED) is 0.838. The Bertz CT molecular complexity index is 632. The average Bonchev–Trinajstić information content (AvgIpc) is 2.33. The molecule has 3 nitrogen and oxygen atoms in total. The zero-order valence-corrected chi connectivity index (χ0v) is 11.7. The number of halogens is 1. The minimum atomic E-state index is 0.350. The van der Waals surface area contributed by atoms with Crippen molar-refractivity contribution >= 4 is 15.9 Å². The van der Waals surface area contributed by atoms with Crippen molar-refractivity contribution < 1.29 is 4.74 Å². The highest BCUT2D eigenvalue weighted by molar-refractivity contribution is 9.10. The fraction of sp³-hybridized carbons (Fsp3) is 0.143. The lowest BCUT2D eigenvalue weighted by atomic mass is 10.2. The second kappa shape index (κ2) is 5.19. The Morgan fingerprint density at radius 3 is 2.67 bits per heavy atom. The van der Waals surface area contributed by atoms with Crippen LogP contribution >= 0.6 is 15.9 Å². The van der Waals surface area contributed by atoms with Gasteiger partial charge in [0.15, 0.2) is 0 Å². The third kappa shape index (κ3) is 2.52. The Kier molecular flexibility index (Phi) is 3.63. The van der Waals surface area contributed by atoms with Crippen LogP contribution in [0.15, 0.2) is 34.9 Å². The number of nitrogens with zero attached hydrogens (tertiary/aromatic N) is 2. The Balaban J connectivity index is 2.41. The highest BCUT2D eigenvalue weighted by Gasteiger charge is 2.10. The lowest BCUT2D eigenvalue weighted by molar-refractivity contribution is 0.457. The van der Waals surface area contributed by atoms with Crippen LogP contribution in [0, 0.1) is 25.2 Å². The normalized spacial score (nSPS) is 9.89. The van der Waals surface area contributed by atoms with Crippen molar-refractivity contribution in [2.45, 2.75) is 13.8 Å². The molecule has 90 valence electrons. The largest absolute Gasteiger partial charge is 0.437 e. The van der Waals surface area contributed by atoms with E-state index in [1.807, 2.05) is 32.0 Å². The molecule has 0 aliphatic rings. The van der Waals surface area contributed by atoms with Gasteiger partial charge in [0.1, 0.15) is 17.4 Å². The van der Waals surface area contributed by atoms with Gasteiger partial charge in [0.2, 0.25) is 5.88 Å². The van der Waals surface area contributed by atoms with Crippen LogP contribution in [0.5, 0.6) is 11.6 Å². The molecule has 0 saturated heterocycles. The van der Waals surface area contributed by atoms with Gasteiger partial charge in [0.25, 0.3) is 0 Å². The standard InChI is InChI=1S/C14H11BrN2O/c1-9-5-6-17-14(12(9)8-16)18-13-4-3-11(15)7-10(13)2/h3-7H,1-2H3. The number of hydrogen-bond donors (Lipinski definition) is 0.